The zero-order valence-electron chi connectivity index (χ0n) is 25.6. The lowest BCUT2D eigenvalue weighted by Crippen LogP contribution is -2.45. The molecule has 232 valence electrons. The van der Waals surface area contributed by atoms with Crippen molar-refractivity contribution in [1.29, 1.82) is 0 Å². The van der Waals surface area contributed by atoms with Crippen LogP contribution in [0.25, 0.3) is 12.2 Å². The minimum atomic E-state index is -0.457. The molecule has 2 aromatic carbocycles. The molecule has 2 aliphatic rings. The van der Waals surface area contributed by atoms with Gasteiger partial charge in [0.15, 0.2) is 23.0 Å². The maximum absolute atomic E-state index is 12.8. The van der Waals surface area contributed by atoms with E-state index in [-0.39, 0.29) is 24.3 Å². The van der Waals surface area contributed by atoms with Crippen LogP contribution in [0, 0.1) is 0 Å². The van der Waals surface area contributed by atoms with Crippen molar-refractivity contribution in [3.05, 3.63) is 47.5 Å². The Morgan fingerprint density at radius 3 is 1.51 bits per heavy atom. The first kappa shape index (κ1) is 31.6. The normalized spacial score (nSPS) is 21.5. The van der Waals surface area contributed by atoms with Gasteiger partial charge in [-0.05, 0) is 54.6 Å². The molecular weight excluding hydrogens is 558 g/mol. The maximum atomic E-state index is 12.8. The summed E-state index contributed by atoms with van der Waals surface area (Å²) in [6.45, 7) is 0. The summed E-state index contributed by atoms with van der Waals surface area (Å²) in [4.78, 5) is 27.7. The molecule has 0 spiro atoms. The molecule has 2 heterocycles. The topological polar surface area (TPSA) is 111 Å². The maximum Gasteiger partial charge on any atom is 0.331 e. The van der Waals surface area contributed by atoms with Crippen LogP contribution >= 0.6 is 0 Å². The van der Waals surface area contributed by atoms with Crippen LogP contribution in [0.1, 0.15) is 30.4 Å². The Bertz CT molecular complexity index is 1320. The molecule has 2 saturated heterocycles. The molecule has 2 bridgehead atoms. The number of hydrogen-bond acceptors (Lipinski definition) is 11. The first-order chi connectivity index (χ1) is 20.7. The Hall–Kier alpha value is -4.38. The second-order valence-corrected chi connectivity index (χ2v) is 10.2. The molecule has 4 atom stereocenters. The van der Waals surface area contributed by atoms with Crippen molar-refractivity contribution in [2.75, 3.05) is 49.7 Å². The van der Waals surface area contributed by atoms with E-state index in [1.807, 2.05) is 7.05 Å². The zero-order valence-corrected chi connectivity index (χ0v) is 25.6. The van der Waals surface area contributed by atoms with E-state index >= 15 is 0 Å². The van der Waals surface area contributed by atoms with Crippen molar-refractivity contribution < 1.29 is 47.5 Å². The summed E-state index contributed by atoms with van der Waals surface area (Å²) >= 11 is 0. The molecule has 0 radical (unpaired) electrons. The summed E-state index contributed by atoms with van der Waals surface area (Å²) in [7, 11) is 11.2. The number of carbonyl (C=O) groups is 2. The van der Waals surface area contributed by atoms with Gasteiger partial charge in [0.05, 0.1) is 48.7 Å². The van der Waals surface area contributed by atoms with E-state index in [1.165, 1.54) is 54.8 Å². The third-order valence-corrected chi connectivity index (χ3v) is 7.82. The van der Waals surface area contributed by atoms with Crippen molar-refractivity contribution in [3.63, 3.8) is 0 Å². The first-order valence-corrected chi connectivity index (χ1v) is 13.8. The van der Waals surface area contributed by atoms with Gasteiger partial charge in [-0.3, -0.25) is 4.90 Å². The van der Waals surface area contributed by atoms with Gasteiger partial charge in [0.1, 0.15) is 12.2 Å². The minimum absolute atomic E-state index is 0.0610. The molecular formula is C32H39NO10. The van der Waals surface area contributed by atoms with Crippen LogP contribution in [0.4, 0.5) is 0 Å². The smallest absolute Gasteiger partial charge is 0.331 e. The number of carbonyl (C=O) groups excluding carboxylic acids is 2. The molecule has 2 aliphatic heterocycles. The van der Waals surface area contributed by atoms with Gasteiger partial charge in [-0.1, -0.05) is 0 Å². The quantitative estimate of drug-likeness (QED) is 0.260. The molecule has 4 unspecified atom stereocenters. The van der Waals surface area contributed by atoms with E-state index in [0.29, 0.717) is 64.9 Å². The lowest BCUT2D eigenvalue weighted by Gasteiger charge is -2.36. The molecule has 0 aromatic heterocycles. The summed E-state index contributed by atoms with van der Waals surface area (Å²) < 4.78 is 43.9. The van der Waals surface area contributed by atoms with Crippen LogP contribution in [0.15, 0.2) is 36.4 Å². The molecule has 2 aromatic rings. The van der Waals surface area contributed by atoms with Gasteiger partial charge in [-0.25, -0.2) is 9.59 Å². The summed E-state index contributed by atoms with van der Waals surface area (Å²) in [6, 6.07) is 7.06. The largest absolute Gasteiger partial charge is 0.493 e. The van der Waals surface area contributed by atoms with E-state index in [4.69, 9.17) is 37.9 Å². The number of rotatable bonds is 12. The number of ether oxygens (including phenoxy) is 8. The molecule has 43 heavy (non-hydrogen) atoms. The fourth-order valence-corrected chi connectivity index (χ4v) is 5.71. The third-order valence-electron chi connectivity index (χ3n) is 7.82. The van der Waals surface area contributed by atoms with E-state index in [2.05, 4.69) is 4.90 Å². The predicted octanol–water partition coefficient (Wildman–Crippen LogP) is 4.15. The lowest BCUT2D eigenvalue weighted by atomic mass is 10.0. The molecule has 11 nitrogen and oxygen atoms in total. The third kappa shape index (κ3) is 7.16. The average Bonchev–Trinajstić information content (AvgIpc) is 3.17. The highest BCUT2D eigenvalue weighted by Crippen LogP contribution is 2.40. The fourth-order valence-electron chi connectivity index (χ4n) is 5.71. The van der Waals surface area contributed by atoms with Gasteiger partial charge in [-0.15, -0.1) is 0 Å². The van der Waals surface area contributed by atoms with Crippen LogP contribution in [0.5, 0.6) is 34.5 Å². The Morgan fingerprint density at radius 1 is 0.651 bits per heavy atom. The summed E-state index contributed by atoms with van der Waals surface area (Å²) in [5, 5.41) is 0. The van der Waals surface area contributed by atoms with Gasteiger partial charge >= 0.3 is 11.9 Å². The van der Waals surface area contributed by atoms with Gasteiger partial charge in [0.25, 0.3) is 0 Å². The summed E-state index contributed by atoms with van der Waals surface area (Å²) in [6.07, 6.45) is 7.33. The number of hydrogen-bond donors (Lipinski definition) is 0. The van der Waals surface area contributed by atoms with Crippen LogP contribution in [0.3, 0.4) is 0 Å². The highest BCUT2D eigenvalue weighted by molar-refractivity contribution is 5.88. The van der Waals surface area contributed by atoms with Gasteiger partial charge < -0.3 is 37.9 Å². The number of piperidine rings is 1. The van der Waals surface area contributed by atoms with Gasteiger partial charge in [0, 0.05) is 37.5 Å². The second kappa shape index (κ2) is 14.2. The Morgan fingerprint density at radius 2 is 1.09 bits per heavy atom. The lowest BCUT2D eigenvalue weighted by molar-refractivity contribution is -0.149. The highest BCUT2D eigenvalue weighted by atomic mass is 16.6. The first-order valence-electron chi connectivity index (χ1n) is 13.8. The van der Waals surface area contributed by atoms with E-state index in [0.717, 1.165) is 0 Å². The number of likely N-dealkylation sites (N-methyl/N-ethyl adjacent to an activating group) is 1. The van der Waals surface area contributed by atoms with Crippen molar-refractivity contribution in [1.82, 2.24) is 4.90 Å². The summed E-state index contributed by atoms with van der Waals surface area (Å²) in [5.74, 6) is 1.98. The van der Waals surface area contributed by atoms with E-state index < -0.39 is 11.9 Å². The molecule has 4 rings (SSSR count). The number of esters is 2. The fraction of sp³-hybridized carbons (Fsp3) is 0.438. The molecule has 11 heteroatoms. The van der Waals surface area contributed by atoms with Gasteiger partial charge in [-0.2, -0.15) is 0 Å². The Kier molecular flexibility index (Phi) is 10.4. The second-order valence-electron chi connectivity index (χ2n) is 10.2. The number of methoxy groups -OCH3 is 6. The van der Waals surface area contributed by atoms with Crippen molar-refractivity contribution in [2.45, 2.75) is 43.6 Å². The van der Waals surface area contributed by atoms with Crippen LogP contribution in [0.2, 0.25) is 0 Å². The molecule has 0 N–H and O–H groups in total. The number of benzene rings is 2. The number of fused-ring (bicyclic) bond motifs is 2. The summed E-state index contributed by atoms with van der Waals surface area (Å²) in [5.41, 5.74) is 1.39. The van der Waals surface area contributed by atoms with Crippen molar-refractivity contribution >= 4 is 24.1 Å². The van der Waals surface area contributed by atoms with Crippen LogP contribution in [-0.2, 0) is 19.1 Å². The van der Waals surface area contributed by atoms with Crippen LogP contribution in [-0.4, -0.2) is 90.8 Å². The monoisotopic (exact) mass is 597 g/mol. The minimum Gasteiger partial charge on any atom is -0.493 e. The zero-order chi connectivity index (χ0) is 31.1. The molecule has 0 amide bonds. The van der Waals surface area contributed by atoms with E-state index in [9.17, 15) is 9.59 Å². The Balaban J connectivity index is 1.36. The Labute approximate surface area is 251 Å². The van der Waals surface area contributed by atoms with Crippen molar-refractivity contribution in [3.8, 4) is 34.5 Å². The van der Waals surface area contributed by atoms with Crippen LogP contribution < -0.4 is 28.4 Å². The SMILES string of the molecule is COc1cc(C=CC(=O)OC2CC3CC(OC(=O)C=Cc4cc(OC)c(OC)c(OC)c4)C(C2)N3C)cc(OC)c1OC. The highest BCUT2D eigenvalue weighted by Gasteiger charge is 2.47. The van der Waals surface area contributed by atoms with Gasteiger partial charge in [0.2, 0.25) is 11.5 Å². The molecule has 0 aliphatic carbocycles. The van der Waals surface area contributed by atoms with E-state index in [1.54, 1.807) is 36.4 Å². The molecule has 0 saturated carbocycles. The standard InChI is InChI=1S/C32H39NO10/c1-33-21-16-22(42-29(34)10-8-19-12-25(36-2)31(40-6)26(13-19)37-3)18-23(33)24(17-21)43-30(35)11-9-20-14-27(38-4)32(41-7)28(15-20)39-5/h8-15,21-24H,16-18H2,1-7H3. The number of nitrogens with zero attached hydrogens (tertiary/aromatic N) is 1. The van der Waals surface area contributed by atoms with Crippen molar-refractivity contribution in [2.24, 2.45) is 0 Å². The molecule has 2 fully saturated rings. The average molecular weight is 598 g/mol. The predicted molar refractivity (Wildman–Crippen MR) is 159 cm³/mol.